The van der Waals surface area contributed by atoms with Crippen molar-refractivity contribution in [2.45, 2.75) is 26.7 Å². The van der Waals surface area contributed by atoms with E-state index in [9.17, 15) is 9.59 Å². The van der Waals surface area contributed by atoms with Crippen LogP contribution in [0, 0.1) is 5.41 Å². The van der Waals surface area contributed by atoms with Crippen molar-refractivity contribution in [1.29, 1.82) is 0 Å². The lowest BCUT2D eigenvalue weighted by Crippen LogP contribution is -2.33. The van der Waals surface area contributed by atoms with Crippen LogP contribution in [0.2, 0.25) is 0 Å². The summed E-state index contributed by atoms with van der Waals surface area (Å²) in [7, 11) is 0. The van der Waals surface area contributed by atoms with Gasteiger partial charge in [0.25, 0.3) is 0 Å². The molecule has 0 radical (unpaired) electrons. The maximum atomic E-state index is 12.6. The lowest BCUT2D eigenvalue weighted by molar-refractivity contribution is -0.126. The highest BCUT2D eigenvalue weighted by Gasteiger charge is 2.25. The van der Waals surface area contributed by atoms with Crippen molar-refractivity contribution in [2.24, 2.45) is 11.1 Å². The Hall–Kier alpha value is -4.00. The number of rotatable bonds is 7. The van der Waals surface area contributed by atoms with E-state index in [0.29, 0.717) is 12.1 Å². The van der Waals surface area contributed by atoms with Crippen LogP contribution in [0.1, 0.15) is 25.0 Å². The van der Waals surface area contributed by atoms with E-state index < -0.39 is 5.41 Å². The fraction of sp³-hybridized carbons (Fsp3) is 0.200. The smallest absolute Gasteiger partial charge is 0.228 e. The van der Waals surface area contributed by atoms with Gasteiger partial charge in [0, 0.05) is 17.3 Å². The molecule has 4 rings (SSSR count). The van der Waals surface area contributed by atoms with Crippen LogP contribution in [-0.4, -0.2) is 26.4 Å². The van der Waals surface area contributed by atoms with E-state index in [1.54, 1.807) is 4.52 Å². The van der Waals surface area contributed by atoms with Crippen LogP contribution in [0.25, 0.3) is 16.8 Å². The van der Waals surface area contributed by atoms with E-state index in [-0.39, 0.29) is 18.2 Å². The molecule has 0 saturated heterocycles. The summed E-state index contributed by atoms with van der Waals surface area (Å²) in [5, 5.41) is 7.04. The van der Waals surface area contributed by atoms with Gasteiger partial charge in [0.1, 0.15) is 6.33 Å². The molecular weight excluding hydrogens is 402 g/mol. The van der Waals surface area contributed by atoms with Gasteiger partial charge in [0.2, 0.25) is 11.8 Å². The third-order valence-electron chi connectivity index (χ3n) is 5.46. The standard InChI is InChI=1S/C25H25N5O2/c1-25(2,24(26)32)15-18-4-3-5-21(12-18)29-23(31)13-17-6-8-19(9-7-17)20-10-11-30-22(14-20)27-16-28-30/h3-12,14,16H,13,15H2,1-2H3,(H2,26,32)(H,29,31). The molecule has 0 aliphatic rings. The minimum absolute atomic E-state index is 0.103. The van der Waals surface area contributed by atoms with Crippen molar-refractivity contribution >= 4 is 23.1 Å². The monoisotopic (exact) mass is 427 g/mol. The third-order valence-corrected chi connectivity index (χ3v) is 5.46. The highest BCUT2D eigenvalue weighted by atomic mass is 16.2. The Balaban J connectivity index is 1.40. The fourth-order valence-corrected chi connectivity index (χ4v) is 3.56. The van der Waals surface area contributed by atoms with Gasteiger partial charge < -0.3 is 11.1 Å². The van der Waals surface area contributed by atoms with Crippen molar-refractivity contribution in [3.05, 3.63) is 84.3 Å². The Bertz CT molecular complexity index is 1270. The molecular formula is C25H25N5O2. The molecule has 3 N–H and O–H groups in total. The predicted molar refractivity (Wildman–Crippen MR) is 124 cm³/mol. The number of pyridine rings is 1. The molecule has 7 heteroatoms. The maximum Gasteiger partial charge on any atom is 0.228 e. The van der Waals surface area contributed by atoms with Gasteiger partial charge in [0.05, 0.1) is 6.42 Å². The number of carbonyl (C=O) groups excluding carboxylic acids is 2. The molecule has 2 heterocycles. The van der Waals surface area contributed by atoms with Crippen LogP contribution in [0.15, 0.2) is 73.2 Å². The van der Waals surface area contributed by atoms with Gasteiger partial charge in [-0.3, -0.25) is 9.59 Å². The first-order chi connectivity index (χ1) is 15.3. The predicted octanol–water partition coefficient (Wildman–Crippen LogP) is 3.63. The zero-order valence-electron chi connectivity index (χ0n) is 18.1. The van der Waals surface area contributed by atoms with Crippen LogP contribution in [0.4, 0.5) is 5.69 Å². The number of benzene rings is 2. The lowest BCUT2D eigenvalue weighted by atomic mass is 9.85. The molecule has 2 amide bonds. The number of amides is 2. The molecule has 2 aromatic heterocycles. The van der Waals surface area contributed by atoms with Gasteiger partial charge in [0.15, 0.2) is 5.65 Å². The minimum atomic E-state index is -0.650. The van der Waals surface area contributed by atoms with E-state index >= 15 is 0 Å². The summed E-state index contributed by atoms with van der Waals surface area (Å²) in [6.07, 6.45) is 4.17. The van der Waals surface area contributed by atoms with Crippen molar-refractivity contribution in [3.8, 4) is 11.1 Å². The zero-order valence-corrected chi connectivity index (χ0v) is 18.1. The van der Waals surface area contributed by atoms with E-state index in [4.69, 9.17) is 5.73 Å². The Labute approximate surface area is 186 Å². The molecule has 32 heavy (non-hydrogen) atoms. The largest absolute Gasteiger partial charge is 0.369 e. The number of hydrogen-bond acceptors (Lipinski definition) is 4. The number of carbonyl (C=O) groups is 2. The second-order valence-corrected chi connectivity index (χ2v) is 8.53. The van der Waals surface area contributed by atoms with Gasteiger partial charge >= 0.3 is 0 Å². The Morgan fingerprint density at radius 2 is 1.78 bits per heavy atom. The normalized spacial score (nSPS) is 11.4. The average molecular weight is 428 g/mol. The van der Waals surface area contributed by atoms with Crippen LogP contribution in [-0.2, 0) is 22.4 Å². The van der Waals surface area contributed by atoms with Gasteiger partial charge in [-0.1, -0.05) is 50.2 Å². The van der Waals surface area contributed by atoms with E-state index in [1.807, 2.05) is 80.7 Å². The van der Waals surface area contributed by atoms with Crippen molar-refractivity contribution in [2.75, 3.05) is 5.32 Å². The average Bonchev–Trinajstić information content (AvgIpc) is 3.22. The molecule has 0 atom stereocenters. The molecule has 0 spiro atoms. The fourth-order valence-electron chi connectivity index (χ4n) is 3.56. The summed E-state index contributed by atoms with van der Waals surface area (Å²) >= 11 is 0. The Morgan fingerprint density at radius 3 is 2.53 bits per heavy atom. The molecule has 7 nitrogen and oxygen atoms in total. The molecule has 4 aromatic rings. The van der Waals surface area contributed by atoms with Gasteiger partial charge in [-0.2, -0.15) is 5.10 Å². The highest BCUT2D eigenvalue weighted by Crippen LogP contribution is 2.24. The summed E-state index contributed by atoms with van der Waals surface area (Å²) in [4.78, 5) is 28.4. The van der Waals surface area contributed by atoms with Gasteiger partial charge in [-0.25, -0.2) is 9.50 Å². The second-order valence-electron chi connectivity index (χ2n) is 8.53. The Kier molecular flexibility index (Phi) is 5.73. The summed E-state index contributed by atoms with van der Waals surface area (Å²) < 4.78 is 1.71. The first-order valence-electron chi connectivity index (χ1n) is 10.4. The number of aromatic nitrogens is 3. The van der Waals surface area contributed by atoms with Crippen molar-refractivity contribution in [3.63, 3.8) is 0 Å². The number of nitrogens with one attached hydrogen (secondary N) is 1. The number of primary amides is 1. The molecule has 0 unspecified atom stereocenters. The molecule has 2 aromatic carbocycles. The van der Waals surface area contributed by atoms with E-state index in [2.05, 4.69) is 15.4 Å². The number of nitrogens with two attached hydrogens (primary N) is 1. The first-order valence-corrected chi connectivity index (χ1v) is 10.4. The molecule has 162 valence electrons. The first kappa shape index (κ1) is 21.2. The van der Waals surface area contributed by atoms with Crippen LogP contribution in [0.5, 0.6) is 0 Å². The number of nitrogens with zero attached hydrogens (tertiary/aromatic N) is 3. The number of anilines is 1. The Morgan fingerprint density at radius 1 is 1.00 bits per heavy atom. The number of fused-ring (bicyclic) bond motifs is 1. The van der Waals surface area contributed by atoms with Crippen LogP contribution in [0.3, 0.4) is 0 Å². The van der Waals surface area contributed by atoms with Gasteiger partial charge in [-0.15, -0.1) is 0 Å². The lowest BCUT2D eigenvalue weighted by Gasteiger charge is -2.20. The van der Waals surface area contributed by atoms with E-state index in [1.165, 1.54) is 6.33 Å². The summed E-state index contributed by atoms with van der Waals surface area (Å²) in [6, 6.07) is 19.4. The van der Waals surface area contributed by atoms with Crippen LogP contribution >= 0.6 is 0 Å². The highest BCUT2D eigenvalue weighted by molar-refractivity contribution is 5.92. The topological polar surface area (TPSA) is 102 Å². The molecule has 0 bridgehead atoms. The molecule has 0 fully saturated rings. The molecule has 0 aliphatic carbocycles. The maximum absolute atomic E-state index is 12.6. The zero-order chi connectivity index (χ0) is 22.7. The quantitative estimate of drug-likeness (QED) is 0.470. The van der Waals surface area contributed by atoms with Crippen molar-refractivity contribution < 1.29 is 9.59 Å². The van der Waals surface area contributed by atoms with Crippen molar-refractivity contribution in [1.82, 2.24) is 14.6 Å². The van der Waals surface area contributed by atoms with Crippen LogP contribution < -0.4 is 11.1 Å². The minimum Gasteiger partial charge on any atom is -0.369 e. The SMILES string of the molecule is CC(C)(Cc1cccc(NC(=O)Cc2ccc(-c3ccn4ncnc4c3)cc2)c1)C(N)=O. The summed E-state index contributed by atoms with van der Waals surface area (Å²) in [5.41, 5.74) is 10.3. The molecule has 0 aliphatic heterocycles. The second kappa shape index (κ2) is 8.63. The summed E-state index contributed by atoms with van der Waals surface area (Å²) in [6.45, 7) is 3.63. The summed E-state index contributed by atoms with van der Waals surface area (Å²) in [5.74, 6) is -0.453. The third kappa shape index (κ3) is 4.83. The number of hydrogen-bond donors (Lipinski definition) is 2. The van der Waals surface area contributed by atoms with Gasteiger partial charge in [-0.05, 0) is 52.9 Å². The molecule has 0 saturated carbocycles. The van der Waals surface area contributed by atoms with E-state index in [0.717, 1.165) is 27.9 Å².